The van der Waals surface area contributed by atoms with Crippen molar-refractivity contribution < 1.29 is 4.79 Å². The molecule has 4 aromatic carbocycles. The Morgan fingerprint density at radius 3 is 1.38 bits per heavy atom. The summed E-state index contributed by atoms with van der Waals surface area (Å²) in [5.74, 6) is 19.9. The Bertz CT molecular complexity index is 2610. The average Bonchev–Trinajstić information content (AvgIpc) is 3.68. The van der Waals surface area contributed by atoms with E-state index in [0.717, 1.165) is 113 Å². The second-order valence-electron chi connectivity index (χ2n) is 24.6. The van der Waals surface area contributed by atoms with Gasteiger partial charge in [-0.3, -0.25) is 4.79 Å². The number of rotatable bonds is 7. The number of anilines is 3. The molecule has 65 heavy (non-hydrogen) atoms. The number of carbonyl (C=O) groups is 1. The maximum absolute atomic E-state index is 15.7. The molecule has 6 unspecified atom stereocenters. The van der Waals surface area contributed by atoms with Crippen LogP contribution in [0.1, 0.15) is 48.2 Å². The lowest BCUT2D eigenvalue weighted by molar-refractivity contribution is -0.124. The molecule has 0 spiro atoms. The molecule has 0 saturated heterocycles. The third-order valence-electron chi connectivity index (χ3n) is 23.8. The third-order valence-corrected chi connectivity index (χ3v) is 23.8. The zero-order valence-corrected chi connectivity index (χ0v) is 37.6. The van der Waals surface area contributed by atoms with Crippen LogP contribution in [0.25, 0.3) is 11.1 Å². The summed E-state index contributed by atoms with van der Waals surface area (Å²) in [5, 5.41) is 0. The molecule has 14 aliphatic carbocycles. The molecule has 2 heteroatoms. The molecule has 0 bridgehead atoms. The molecule has 13 saturated carbocycles. The van der Waals surface area contributed by atoms with Crippen LogP contribution < -0.4 is 4.90 Å². The zero-order valence-electron chi connectivity index (χ0n) is 37.6. The molecule has 4 aromatic rings. The van der Waals surface area contributed by atoms with E-state index in [4.69, 9.17) is 0 Å². The van der Waals surface area contributed by atoms with Crippen molar-refractivity contribution in [2.45, 2.75) is 32.1 Å². The van der Waals surface area contributed by atoms with Gasteiger partial charge in [0.1, 0.15) is 0 Å². The molecule has 0 aromatic heterocycles. The number of Topliss-reactive ketones (excluding diaryl/α,β-unsaturated/α-hetero) is 1. The summed E-state index contributed by atoms with van der Waals surface area (Å²) in [6.45, 7) is 4.76. The molecule has 0 heterocycles. The van der Waals surface area contributed by atoms with Gasteiger partial charge >= 0.3 is 0 Å². The molecule has 322 valence electrons. The van der Waals surface area contributed by atoms with Gasteiger partial charge in [0, 0.05) is 34.0 Å². The molecule has 8 radical (unpaired) electrons. The molecule has 2 nitrogen and oxygen atoms in total. The van der Waals surface area contributed by atoms with E-state index in [1.54, 1.807) is 0 Å². The van der Waals surface area contributed by atoms with Crippen LogP contribution in [0.2, 0.25) is 0 Å². The number of hydrogen-bond acceptors (Lipinski definition) is 2. The number of ketones is 1. The predicted octanol–water partition coefficient (Wildman–Crippen LogP) is 12.6. The van der Waals surface area contributed by atoms with Crippen molar-refractivity contribution in [1.82, 2.24) is 0 Å². The van der Waals surface area contributed by atoms with E-state index in [-0.39, 0.29) is 11.3 Å². The molecule has 18 rings (SSSR count). The second-order valence-corrected chi connectivity index (χ2v) is 24.6. The normalized spacial score (nSPS) is 51.2. The SMILES string of the molecule is CCC1(CC)c2cc(C(=O)C3[C@@H]4[C@@H]5[CH]C6[CH]C7[CH][C@@H]8[CH][CH][C@@H]9[CH][C@@H]%10[CH][C@@H]%11[CH][C@H]([C@H]34)[C@H]3[C@@H]4C%12C%13[C@H](C7[C@@H]6[C@H]%12[C@@H]53)[C@H]8[C@H]9[C@@H]%13[C@H]%10[C@H]%114)ccc2-c2ccc(N(c3ccccc3)c3ccccc3)cc21. The lowest BCUT2D eigenvalue weighted by atomic mass is 9.44. The minimum Gasteiger partial charge on any atom is -0.310 e. The summed E-state index contributed by atoms with van der Waals surface area (Å²) in [5.41, 5.74) is 9.86. The van der Waals surface area contributed by atoms with Gasteiger partial charge in [-0.15, -0.1) is 0 Å². The van der Waals surface area contributed by atoms with E-state index in [9.17, 15) is 0 Å². The van der Waals surface area contributed by atoms with E-state index < -0.39 is 0 Å². The first-order valence-corrected chi connectivity index (χ1v) is 26.6. The quantitative estimate of drug-likeness (QED) is 0.173. The summed E-state index contributed by atoms with van der Waals surface area (Å²) in [7, 11) is 0. The van der Waals surface area contributed by atoms with Gasteiger partial charge < -0.3 is 4.90 Å². The molecule has 13 fully saturated rings. The van der Waals surface area contributed by atoms with Crippen molar-refractivity contribution >= 4 is 22.8 Å². The Morgan fingerprint density at radius 2 is 0.862 bits per heavy atom. The molecular formula is C63H59NO. The highest BCUT2D eigenvalue weighted by Crippen LogP contribution is 2.89. The van der Waals surface area contributed by atoms with E-state index in [1.165, 1.54) is 27.9 Å². The second kappa shape index (κ2) is 12.0. The van der Waals surface area contributed by atoms with Crippen molar-refractivity contribution in [2.75, 3.05) is 4.90 Å². The van der Waals surface area contributed by atoms with Crippen LogP contribution in [-0.4, -0.2) is 5.78 Å². The van der Waals surface area contributed by atoms with E-state index >= 15 is 4.79 Å². The Hall–Kier alpha value is -3.65. The Kier molecular flexibility index (Phi) is 6.69. The van der Waals surface area contributed by atoms with Gasteiger partial charge in [0.15, 0.2) is 5.78 Å². The highest BCUT2D eigenvalue weighted by Gasteiger charge is 2.85. The van der Waals surface area contributed by atoms with Crippen molar-refractivity contribution in [2.24, 2.45) is 148 Å². The number of carbonyl (C=O) groups excluding carboxylic acids is 1. The number of hydrogen-bond donors (Lipinski definition) is 0. The Balaban J connectivity index is 0.730. The van der Waals surface area contributed by atoms with Gasteiger partial charge in [-0.25, -0.2) is 0 Å². The summed E-state index contributed by atoms with van der Waals surface area (Å²) >= 11 is 0. The van der Waals surface area contributed by atoms with Crippen LogP contribution in [0.15, 0.2) is 97.1 Å². The van der Waals surface area contributed by atoms with Gasteiger partial charge in [0.05, 0.1) is 0 Å². The Labute approximate surface area is 387 Å². The summed E-state index contributed by atoms with van der Waals surface area (Å²) in [6.07, 6.45) is 25.1. The summed E-state index contributed by atoms with van der Waals surface area (Å²) in [4.78, 5) is 18.1. The molecule has 25 atom stereocenters. The van der Waals surface area contributed by atoms with Crippen molar-refractivity contribution in [1.29, 1.82) is 0 Å². The maximum Gasteiger partial charge on any atom is 0.166 e. The van der Waals surface area contributed by atoms with Crippen LogP contribution >= 0.6 is 0 Å². The van der Waals surface area contributed by atoms with Crippen molar-refractivity contribution in [3.63, 3.8) is 0 Å². The molecular weight excluding hydrogens is 787 g/mol. The van der Waals surface area contributed by atoms with Gasteiger partial charge in [-0.05, 0) is 271 Å². The topological polar surface area (TPSA) is 20.3 Å². The number of para-hydroxylation sites is 2. The molecule has 0 aliphatic heterocycles. The van der Waals surface area contributed by atoms with Gasteiger partial charge in [-0.1, -0.05) is 68.4 Å². The maximum atomic E-state index is 15.7. The highest BCUT2D eigenvalue weighted by molar-refractivity contribution is 6.02. The van der Waals surface area contributed by atoms with Gasteiger partial charge in [0.2, 0.25) is 0 Å². The summed E-state index contributed by atoms with van der Waals surface area (Å²) < 4.78 is 0. The number of benzene rings is 4. The fourth-order valence-corrected chi connectivity index (χ4v) is 22.8. The van der Waals surface area contributed by atoms with Crippen LogP contribution in [0.3, 0.4) is 0 Å². The average molecular weight is 846 g/mol. The predicted molar refractivity (Wildman–Crippen MR) is 254 cm³/mol. The fourth-order valence-electron chi connectivity index (χ4n) is 22.8. The van der Waals surface area contributed by atoms with E-state index in [0.29, 0.717) is 65.0 Å². The first kappa shape index (κ1) is 36.4. The smallest absolute Gasteiger partial charge is 0.166 e. The lowest BCUT2D eigenvalue weighted by Crippen LogP contribution is -2.57. The van der Waals surface area contributed by atoms with Crippen LogP contribution in [-0.2, 0) is 5.41 Å². The van der Waals surface area contributed by atoms with Gasteiger partial charge in [0.25, 0.3) is 0 Å². The largest absolute Gasteiger partial charge is 0.310 e. The third kappa shape index (κ3) is 3.98. The van der Waals surface area contributed by atoms with Crippen LogP contribution in [0, 0.1) is 199 Å². The van der Waals surface area contributed by atoms with Crippen LogP contribution in [0.5, 0.6) is 0 Å². The van der Waals surface area contributed by atoms with E-state index in [2.05, 4.69) is 167 Å². The lowest BCUT2D eigenvalue weighted by Gasteiger charge is -2.60. The van der Waals surface area contributed by atoms with Crippen molar-refractivity contribution in [3.8, 4) is 11.1 Å². The van der Waals surface area contributed by atoms with Crippen LogP contribution in [0.4, 0.5) is 17.1 Å². The monoisotopic (exact) mass is 845 g/mol. The van der Waals surface area contributed by atoms with Crippen molar-refractivity contribution in [3.05, 3.63) is 165 Å². The number of nitrogens with zero attached hydrogens (tertiary/aromatic N) is 1. The number of fused-ring (bicyclic) bond motifs is 6. The fraction of sp³-hybridized carbons (Fsp3) is 0.476. The standard InChI is InChI=1S/C63H59NO/c1-3-63(4-2)43-27-31(17-19-39(43)40-20-18-38(28-44(40)63)64(36-11-7-5-8-12-36)37-13-9-6-10-14-37)62(65)61-53-41-25-34-23-32-21-29-15-16-30-22-33-24-35-26-42(54(53)61)52-51(41)57-49(34)47(32)55-45(29)46(30)56-48(33)50(35)58(52)60(57)59(55)56/h5-30,32-35,41-42,45-61H,3-4H2,1-2H3/t29-,30+,32-,33?,34-,35?,41+,42-,45+,46-,47-,48?,49+,50-,51-,52+,53+,54-,55-,56+,57-,58+,59?,60?,61?/m1/s1. The minimum atomic E-state index is -0.139. The molecule has 0 N–H and O–H groups in total. The zero-order chi connectivity index (χ0) is 42.1. The van der Waals surface area contributed by atoms with E-state index in [1.807, 2.05) is 0 Å². The summed E-state index contributed by atoms with van der Waals surface area (Å²) in [6, 6.07) is 35.9. The Morgan fingerprint density at radius 1 is 0.431 bits per heavy atom. The molecule has 14 aliphatic rings. The first-order valence-electron chi connectivity index (χ1n) is 26.6. The highest BCUT2D eigenvalue weighted by atomic mass is 16.1. The minimum absolute atomic E-state index is 0.139. The van der Waals surface area contributed by atoms with Gasteiger partial charge in [-0.2, -0.15) is 0 Å². The molecule has 0 amide bonds. The first-order chi connectivity index (χ1) is 32.1.